The average molecular weight is 542 g/mol. The number of fused-ring (bicyclic) bond motifs is 2. The fraction of sp³-hybridized carbons (Fsp3) is 0.367. The number of halogens is 1. The van der Waals surface area contributed by atoms with Crippen LogP contribution in [-0.2, 0) is 11.2 Å². The van der Waals surface area contributed by atoms with Crippen molar-refractivity contribution >= 4 is 39.4 Å². The Bertz CT molecular complexity index is 1630. The van der Waals surface area contributed by atoms with Gasteiger partial charge in [-0.3, -0.25) is 4.90 Å². The Balaban J connectivity index is 1.19. The topological polar surface area (TPSA) is 97.9 Å². The molecule has 200 valence electrons. The second kappa shape index (κ2) is 10.3. The number of nitrogens with zero attached hydrogens (tertiary/aromatic N) is 5. The Morgan fingerprint density at radius 2 is 1.77 bits per heavy atom. The molecule has 39 heavy (non-hydrogen) atoms. The molecular formula is C30H32ClN7O. The van der Waals surface area contributed by atoms with Gasteiger partial charge >= 0.3 is 0 Å². The Labute approximate surface area is 232 Å². The summed E-state index contributed by atoms with van der Waals surface area (Å²) < 4.78 is 7.67. The van der Waals surface area contributed by atoms with Crippen LogP contribution in [0.4, 0.5) is 5.82 Å². The second-order valence-electron chi connectivity index (χ2n) is 10.7. The van der Waals surface area contributed by atoms with Gasteiger partial charge in [-0.05, 0) is 54.8 Å². The van der Waals surface area contributed by atoms with Crippen LogP contribution in [0.5, 0.6) is 0 Å². The maximum Gasteiger partial charge on any atom is 0.164 e. The lowest BCUT2D eigenvalue weighted by molar-refractivity contribution is 0.00520. The van der Waals surface area contributed by atoms with E-state index in [2.05, 4.69) is 54.9 Å². The summed E-state index contributed by atoms with van der Waals surface area (Å²) in [5, 5.41) is 7.90. The lowest BCUT2D eigenvalue weighted by atomic mass is 9.90. The zero-order valence-electron chi connectivity index (χ0n) is 21.8. The Morgan fingerprint density at radius 3 is 2.59 bits per heavy atom. The minimum Gasteiger partial charge on any atom is -0.383 e. The molecule has 0 spiro atoms. The molecule has 2 aliphatic rings. The zero-order valence-corrected chi connectivity index (χ0v) is 22.6. The number of nitrogen functional groups attached to an aromatic ring is 1. The van der Waals surface area contributed by atoms with Crippen molar-refractivity contribution in [2.24, 2.45) is 0 Å². The van der Waals surface area contributed by atoms with Crippen molar-refractivity contribution in [1.29, 1.82) is 0 Å². The summed E-state index contributed by atoms with van der Waals surface area (Å²) in [5.74, 6) is 0.467. The first-order valence-electron chi connectivity index (χ1n) is 13.8. The average Bonchev–Trinajstić information content (AvgIpc) is 3.56. The van der Waals surface area contributed by atoms with E-state index >= 15 is 0 Å². The number of nitrogens with one attached hydrogen (secondary N) is 1. The van der Waals surface area contributed by atoms with Crippen molar-refractivity contribution in [3.05, 3.63) is 71.1 Å². The van der Waals surface area contributed by atoms with Crippen LogP contribution >= 0.6 is 11.6 Å². The number of benzene rings is 2. The van der Waals surface area contributed by atoms with E-state index in [1.165, 1.54) is 0 Å². The number of morpholine rings is 1. The Kier molecular flexibility index (Phi) is 6.46. The van der Waals surface area contributed by atoms with Crippen LogP contribution in [0.2, 0.25) is 5.02 Å². The number of aromatic nitrogens is 5. The van der Waals surface area contributed by atoms with Crippen LogP contribution in [0.1, 0.15) is 43.0 Å². The van der Waals surface area contributed by atoms with Crippen LogP contribution in [0.3, 0.4) is 0 Å². The van der Waals surface area contributed by atoms with Crippen molar-refractivity contribution < 1.29 is 4.74 Å². The summed E-state index contributed by atoms with van der Waals surface area (Å²) in [6, 6.07) is 17.5. The molecule has 1 saturated carbocycles. The smallest absolute Gasteiger partial charge is 0.164 e. The van der Waals surface area contributed by atoms with Crippen LogP contribution in [0.15, 0.2) is 54.9 Å². The number of aromatic amines is 1. The molecule has 1 aliphatic heterocycles. The minimum absolute atomic E-state index is 0.296. The Morgan fingerprint density at radius 1 is 0.974 bits per heavy atom. The summed E-state index contributed by atoms with van der Waals surface area (Å²) in [5.41, 5.74) is 12.4. The fourth-order valence-electron chi connectivity index (χ4n) is 6.34. The highest BCUT2D eigenvalue weighted by Gasteiger charge is 2.30. The van der Waals surface area contributed by atoms with E-state index < -0.39 is 0 Å². The van der Waals surface area contributed by atoms with Gasteiger partial charge in [-0.2, -0.15) is 5.10 Å². The van der Waals surface area contributed by atoms with E-state index in [1.54, 1.807) is 6.33 Å². The summed E-state index contributed by atoms with van der Waals surface area (Å²) in [4.78, 5) is 15.2. The predicted molar refractivity (Wildman–Crippen MR) is 155 cm³/mol. The first-order valence-corrected chi connectivity index (χ1v) is 14.2. The summed E-state index contributed by atoms with van der Waals surface area (Å²) in [6.45, 7) is 3.76. The standard InChI is InChI=1S/C30H32ClN7O/c31-25-4-2-1-3-19(25)15-22-16-20-5-6-21(17-26(20)35-22)28-27-29(32)33-18-34-30(27)38(36-28)24-9-7-23(8-10-24)37-11-13-39-14-12-37/h1-6,16-18,23-24,35H,7-15H2,(H2,32,33,34). The van der Waals surface area contributed by atoms with Gasteiger partial charge in [0.15, 0.2) is 5.65 Å². The largest absolute Gasteiger partial charge is 0.383 e. The molecule has 0 radical (unpaired) electrons. The molecule has 3 N–H and O–H groups in total. The van der Waals surface area contributed by atoms with Crippen molar-refractivity contribution in [1.82, 2.24) is 29.6 Å². The molecule has 4 heterocycles. The molecular weight excluding hydrogens is 510 g/mol. The molecule has 0 unspecified atom stereocenters. The van der Waals surface area contributed by atoms with Crippen LogP contribution in [-0.4, -0.2) is 62.0 Å². The fourth-order valence-corrected chi connectivity index (χ4v) is 6.54. The molecule has 5 aromatic rings. The van der Waals surface area contributed by atoms with Crippen molar-refractivity contribution in [3.8, 4) is 11.3 Å². The maximum absolute atomic E-state index is 6.43. The first kappa shape index (κ1) is 24.6. The number of anilines is 1. The molecule has 7 rings (SSSR count). The SMILES string of the molecule is Nc1ncnc2c1c(-c1ccc3cc(Cc4ccccc4Cl)[nH]c3c1)nn2C1CCC(N2CCOCC2)CC1. The normalized spacial score (nSPS) is 20.6. The van der Waals surface area contributed by atoms with Crippen molar-refractivity contribution in [2.75, 3.05) is 32.0 Å². The molecule has 8 nitrogen and oxygen atoms in total. The van der Waals surface area contributed by atoms with E-state index in [0.717, 1.165) is 108 Å². The van der Waals surface area contributed by atoms with Crippen LogP contribution in [0, 0.1) is 0 Å². The van der Waals surface area contributed by atoms with E-state index in [-0.39, 0.29) is 0 Å². The van der Waals surface area contributed by atoms with Crippen LogP contribution in [0.25, 0.3) is 33.2 Å². The zero-order chi connectivity index (χ0) is 26.3. The quantitative estimate of drug-likeness (QED) is 0.300. The monoisotopic (exact) mass is 541 g/mol. The highest BCUT2D eigenvalue weighted by atomic mass is 35.5. The summed E-state index contributed by atoms with van der Waals surface area (Å²) >= 11 is 6.41. The van der Waals surface area contributed by atoms with Crippen molar-refractivity contribution in [2.45, 2.75) is 44.2 Å². The van der Waals surface area contributed by atoms with Gasteiger partial charge in [0, 0.05) is 47.3 Å². The van der Waals surface area contributed by atoms with Gasteiger partial charge in [0.05, 0.1) is 24.6 Å². The van der Waals surface area contributed by atoms with Gasteiger partial charge in [0.25, 0.3) is 0 Å². The number of nitrogens with two attached hydrogens (primary N) is 1. The molecule has 0 atom stereocenters. The predicted octanol–water partition coefficient (Wildman–Crippen LogP) is 5.62. The highest BCUT2D eigenvalue weighted by molar-refractivity contribution is 6.31. The van der Waals surface area contributed by atoms with Crippen molar-refractivity contribution in [3.63, 3.8) is 0 Å². The highest BCUT2D eigenvalue weighted by Crippen LogP contribution is 2.37. The van der Waals surface area contributed by atoms with Gasteiger partial charge in [0.2, 0.25) is 0 Å². The number of H-pyrrole nitrogens is 1. The molecule has 2 fully saturated rings. The molecule has 3 aromatic heterocycles. The number of hydrogen-bond acceptors (Lipinski definition) is 6. The minimum atomic E-state index is 0.296. The molecule has 0 amide bonds. The van der Waals surface area contributed by atoms with Gasteiger partial charge in [-0.15, -0.1) is 0 Å². The van der Waals surface area contributed by atoms with Crippen LogP contribution < -0.4 is 5.73 Å². The lowest BCUT2D eigenvalue weighted by Crippen LogP contribution is -2.45. The van der Waals surface area contributed by atoms with Gasteiger partial charge in [-0.1, -0.05) is 41.9 Å². The number of rotatable bonds is 5. The lowest BCUT2D eigenvalue weighted by Gasteiger charge is -2.38. The Hall–Kier alpha value is -3.46. The number of hydrogen-bond donors (Lipinski definition) is 2. The third-order valence-corrected chi connectivity index (χ3v) is 8.75. The van der Waals surface area contributed by atoms with Gasteiger partial charge < -0.3 is 15.5 Å². The maximum atomic E-state index is 6.43. The van der Waals surface area contributed by atoms with Gasteiger partial charge in [0.1, 0.15) is 17.8 Å². The second-order valence-corrected chi connectivity index (χ2v) is 11.1. The molecule has 1 saturated heterocycles. The van der Waals surface area contributed by atoms with E-state index in [9.17, 15) is 0 Å². The third kappa shape index (κ3) is 4.67. The van der Waals surface area contributed by atoms with Gasteiger partial charge in [-0.25, -0.2) is 14.6 Å². The molecule has 0 bridgehead atoms. The summed E-state index contributed by atoms with van der Waals surface area (Å²) in [6.07, 6.45) is 6.75. The third-order valence-electron chi connectivity index (χ3n) is 8.38. The van der Waals surface area contributed by atoms with E-state index in [4.69, 9.17) is 27.2 Å². The first-order chi connectivity index (χ1) is 19.1. The molecule has 9 heteroatoms. The summed E-state index contributed by atoms with van der Waals surface area (Å²) in [7, 11) is 0. The van der Waals surface area contributed by atoms with E-state index in [1.807, 2.05) is 18.2 Å². The van der Waals surface area contributed by atoms with E-state index in [0.29, 0.717) is 17.9 Å². The molecule has 2 aromatic carbocycles. The number of ether oxygens (including phenoxy) is 1. The molecule has 1 aliphatic carbocycles.